The minimum atomic E-state index is -0.440. The number of aryl methyl sites for hydroxylation is 2. The molecule has 3 rings (SSSR count). The van der Waals surface area contributed by atoms with Crippen LogP contribution in [-0.4, -0.2) is 34.7 Å². The molecule has 0 N–H and O–H groups in total. The number of rotatable bonds is 5. The Morgan fingerprint density at radius 1 is 1.15 bits per heavy atom. The molecule has 0 aliphatic heterocycles. The molecule has 0 bridgehead atoms. The van der Waals surface area contributed by atoms with Gasteiger partial charge in [-0.2, -0.15) is 5.10 Å². The number of amides is 1. The highest BCUT2D eigenvalue weighted by Crippen LogP contribution is 2.19. The van der Waals surface area contributed by atoms with Crippen molar-refractivity contribution in [2.45, 2.75) is 20.4 Å². The zero-order valence-electron chi connectivity index (χ0n) is 15.9. The first-order chi connectivity index (χ1) is 12.9. The number of aromatic nitrogens is 2. The van der Waals surface area contributed by atoms with Crippen molar-refractivity contribution < 1.29 is 13.9 Å². The van der Waals surface area contributed by atoms with Crippen molar-refractivity contribution in [1.82, 2.24) is 14.7 Å². The summed E-state index contributed by atoms with van der Waals surface area (Å²) >= 11 is 0. The van der Waals surface area contributed by atoms with Crippen molar-refractivity contribution in [3.63, 3.8) is 0 Å². The van der Waals surface area contributed by atoms with Crippen molar-refractivity contribution in [1.29, 1.82) is 0 Å². The van der Waals surface area contributed by atoms with E-state index < -0.39 is 5.82 Å². The van der Waals surface area contributed by atoms with Crippen LogP contribution in [0.25, 0.3) is 5.69 Å². The van der Waals surface area contributed by atoms with Gasteiger partial charge >= 0.3 is 0 Å². The van der Waals surface area contributed by atoms with Gasteiger partial charge in [0, 0.05) is 24.8 Å². The summed E-state index contributed by atoms with van der Waals surface area (Å²) in [5.74, 6) is -0.385. The lowest BCUT2D eigenvalue weighted by atomic mass is 10.1. The lowest BCUT2D eigenvalue weighted by molar-refractivity contribution is 0.0785. The summed E-state index contributed by atoms with van der Waals surface area (Å²) in [6.45, 7) is 4.23. The Morgan fingerprint density at radius 3 is 2.41 bits per heavy atom. The predicted octanol–water partition coefficient (Wildman–Crippen LogP) is 3.91. The summed E-state index contributed by atoms with van der Waals surface area (Å²) in [5.41, 5.74) is 4.14. The average Bonchev–Trinajstić information content (AvgIpc) is 2.99. The zero-order valence-corrected chi connectivity index (χ0v) is 15.9. The Bertz CT molecular complexity index is 964. The van der Waals surface area contributed by atoms with Gasteiger partial charge in [0.25, 0.3) is 5.91 Å². The fourth-order valence-electron chi connectivity index (χ4n) is 3.01. The van der Waals surface area contributed by atoms with Crippen molar-refractivity contribution in [2.75, 3.05) is 14.2 Å². The molecule has 2 aromatic carbocycles. The van der Waals surface area contributed by atoms with E-state index in [-0.39, 0.29) is 11.7 Å². The second-order valence-electron chi connectivity index (χ2n) is 6.52. The molecular weight excluding hydrogens is 345 g/mol. The smallest absolute Gasteiger partial charge is 0.253 e. The number of methoxy groups -OCH3 is 1. The number of hydrogen-bond acceptors (Lipinski definition) is 3. The summed E-state index contributed by atoms with van der Waals surface area (Å²) in [5, 5.41) is 4.44. The fraction of sp³-hybridized carbons (Fsp3) is 0.238. The maximum Gasteiger partial charge on any atom is 0.253 e. The molecule has 0 radical (unpaired) electrons. The van der Waals surface area contributed by atoms with Crippen LogP contribution in [0.15, 0.2) is 48.5 Å². The van der Waals surface area contributed by atoms with Gasteiger partial charge in [-0.25, -0.2) is 9.07 Å². The van der Waals surface area contributed by atoms with Gasteiger partial charge in [0.2, 0.25) is 0 Å². The number of benzene rings is 2. The average molecular weight is 367 g/mol. The van der Waals surface area contributed by atoms with E-state index in [2.05, 4.69) is 5.10 Å². The zero-order chi connectivity index (χ0) is 19.6. The van der Waals surface area contributed by atoms with Gasteiger partial charge in [0.1, 0.15) is 0 Å². The van der Waals surface area contributed by atoms with Crippen molar-refractivity contribution >= 4 is 5.91 Å². The molecule has 0 unspecified atom stereocenters. The highest BCUT2D eigenvalue weighted by Gasteiger charge is 2.14. The lowest BCUT2D eigenvalue weighted by Gasteiger charge is -2.18. The van der Waals surface area contributed by atoms with Crippen LogP contribution < -0.4 is 4.74 Å². The molecule has 6 heteroatoms. The topological polar surface area (TPSA) is 47.4 Å². The maximum atomic E-state index is 13.8. The molecular formula is C21H22FN3O2. The Labute approximate surface area is 158 Å². The summed E-state index contributed by atoms with van der Waals surface area (Å²) in [4.78, 5) is 14.2. The Balaban J connectivity index is 1.73. The Hall–Kier alpha value is -3.15. The van der Waals surface area contributed by atoms with Crippen molar-refractivity contribution in [3.05, 3.63) is 76.9 Å². The van der Waals surface area contributed by atoms with Gasteiger partial charge in [-0.05, 0) is 61.9 Å². The van der Waals surface area contributed by atoms with Crippen LogP contribution >= 0.6 is 0 Å². The van der Waals surface area contributed by atoms with Crippen LogP contribution in [0.2, 0.25) is 0 Å². The molecule has 0 fully saturated rings. The fourth-order valence-corrected chi connectivity index (χ4v) is 3.01. The van der Waals surface area contributed by atoms with E-state index in [0.29, 0.717) is 17.7 Å². The van der Waals surface area contributed by atoms with Crippen molar-refractivity contribution in [3.8, 4) is 11.4 Å². The van der Waals surface area contributed by atoms with E-state index in [1.54, 1.807) is 36.2 Å². The van der Waals surface area contributed by atoms with Gasteiger partial charge in [-0.3, -0.25) is 4.79 Å². The summed E-state index contributed by atoms with van der Waals surface area (Å²) in [6, 6.07) is 14.0. The molecule has 0 aliphatic carbocycles. The third-order valence-corrected chi connectivity index (χ3v) is 4.35. The third-order valence-electron chi connectivity index (χ3n) is 4.35. The van der Waals surface area contributed by atoms with E-state index in [9.17, 15) is 9.18 Å². The Morgan fingerprint density at radius 2 is 1.85 bits per heavy atom. The first-order valence-corrected chi connectivity index (χ1v) is 8.60. The molecule has 1 aromatic heterocycles. The summed E-state index contributed by atoms with van der Waals surface area (Å²) in [7, 11) is 3.11. The van der Waals surface area contributed by atoms with E-state index >= 15 is 0 Å². The van der Waals surface area contributed by atoms with E-state index in [0.717, 1.165) is 17.1 Å². The van der Waals surface area contributed by atoms with Crippen molar-refractivity contribution in [2.24, 2.45) is 0 Å². The van der Waals surface area contributed by atoms with Gasteiger partial charge in [0.15, 0.2) is 11.6 Å². The molecule has 0 saturated carbocycles. The highest BCUT2D eigenvalue weighted by atomic mass is 19.1. The van der Waals surface area contributed by atoms with E-state index in [1.807, 2.05) is 36.7 Å². The second kappa shape index (κ2) is 7.61. The molecule has 0 atom stereocenters. The molecule has 0 aliphatic rings. The number of ether oxygens (including phenoxy) is 1. The van der Waals surface area contributed by atoms with Crippen LogP contribution in [0, 0.1) is 19.7 Å². The standard InChI is InChI=1S/C21H22FN3O2/c1-14-11-15(2)25(23-14)18-8-6-17(7-9-18)21(26)24(3)13-16-5-10-20(27-4)19(22)12-16/h5-12H,13H2,1-4H3. The lowest BCUT2D eigenvalue weighted by Crippen LogP contribution is -2.26. The minimum absolute atomic E-state index is 0.133. The van der Waals surface area contributed by atoms with Gasteiger partial charge in [-0.1, -0.05) is 6.07 Å². The van der Waals surface area contributed by atoms with E-state index in [1.165, 1.54) is 13.2 Å². The minimum Gasteiger partial charge on any atom is -0.494 e. The molecule has 3 aromatic rings. The number of nitrogens with zero attached hydrogens (tertiary/aromatic N) is 3. The second-order valence-corrected chi connectivity index (χ2v) is 6.52. The van der Waals surface area contributed by atoms with Crippen LogP contribution in [0.3, 0.4) is 0 Å². The van der Waals surface area contributed by atoms with Crippen LogP contribution in [0.5, 0.6) is 5.75 Å². The maximum absolute atomic E-state index is 13.8. The molecule has 27 heavy (non-hydrogen) atoms. The van der Waals surface area contributed by atoms with Crippen LogP contribution in [0.4, 0.5) is 4.39 Å². The Kier molecular flexibility index (Phi) is 5.26. The highest BCUT2D eigenvalue weighted by molar-refractivity contribution is 5.94. The summed E-state index contributed by atoms with van der Waals surface area (Å²) in [6.07, 6.45) is 0. The molecule has 0 saturated heterocycles. The first kappa shape index (κ1) is 18.6. The monoisotopic (exact) mass is 367 g/mol. The number of carbonyl (C=O) groups is 1. The quantitative estimate of drug-likeness (QED) is 0.687. The molecule has 1 heterocycles. The SMILES string of the molecule is COc1ccc(CN(C)C(=O)c2ccc(-n3nc(C)cc3C)cc2)cc1F. The van der Waals surface area contributed by atoms with Gasteiger partial charge in [-0.15, -0.1) is 0 Å². The first-order valence-electron chi connectivity index (χ1n) is 8.60. The molecule has 5 nitrogen and oxygen atoms in total. The van der Waals surface area contributed by atoms with E-state index in [4.69, 9.17) is 4.74 Å². The number of carbonyl (C=O) groups excluding carboxylic acids is 1. The normalized spacial score (nSPS) is 10.7. The number of hydrogen-bond donors (Lipinski definition) is 0. The molecule has 140 valence electrons. The summed E-state index contributed by atoms with van der Waals surface area (Å²) < 4.78 is 20.6. The molecule has 0 spiro atoms. The van der Waals surface area contributed by atoms with Crippen LogP contribution in [0.1, 0.15) is 27.3 Å². The predicted molar refractivity (Wildman–Crippen MR) is 102 cm³/mol. The number of halogens is 1. The largest absolute Gasteiger partial charge is 0.494 e. The van der Waals surface area contributed by atoms with Crippen LogP contribution in [-0.2, 0) is 6.54 Å². The van der Waals surface area contributed by atoms with Gasteiger partial charge < -0.3 is 9.64 Å². The van der Waals surface area contributed by atoms with Gasteiger partial charge in [0.05, 0.1) is 18.5 Å². The molecule has 1 amide bonds. The third kappa shape index (κ3) is 4.00.